The van der Waals surface area contributed by atoms with Gasteiger partial charge in [0, 0.05) is 5.39 Å². The van der Waals surface area contributed by atoms with E-state index in [0.717, 1.165) is 10.9 Å². The van der Waals surface area contributed by atoms with Gasteiger partial charge in [0.1, 0.15) is 6.17 Å². The Morgan fingerprint density at radius 1 is 1.36 bits per heavy atom. The highest BCUT2D eigenvalue weighted by Gasteiger charge is 2.46. The van der Waals surface area contributed by atoms with Crippen molar-refractivity contribution in [2.24, 2.45) is 5.92 Å². The number of aromatic nitrogens is 1. The quantitative estimate of drug-likeness (QED) is 0.836. The summed E-state index contributed by atoms with van der Waals surface area (Å²) in [6, 6.07) is 9.33. The molecule has 2 atom stereocenters. The maximum atomic E-state index is 12.5. The smallest absolute Gasteiger partial charge is 0.340 e. The fourth-order valence-electron chi connectivity index (χ4n) is 2.97. The van der Waals surface area contributed by atoms with Crippen LogP contribution < -0.4 is 10.6 Å². The second-order valence-corrected chi connectivity index (χ2v) is 6.74. The number of pyridine rings is 1. The third-order valence-electron chi connectivity index (χ3n) is 4.87. The highest BCUT2D eigenvalue weighted by molar-refractivity contribution is 5.96. The van der Waals surface area contributed by atoms with Gasteiger partial charge in [0.15, 0.2) is 0 Å². The molecule has 2 heterocycles. The minimum Gasteiger partial charge on any atom is -0.462 e. The number of rotatable bonds is 4. The molecule has 6 heteroatoms. The Balaban J connectivity index is 2.10. The molecule has 1 saturated heterocycles. The van der Waals surface area contributed by atoms with Gasteiger partial charge in [0.2, 0.25) is 5.91 Å². The number of fused-ring (bicyclic) bond motifs is 1. The maximum absolute atomic E-state index is 12.5. The van der Waals surface area contributed by atoms with E-state index in [-0.39, 0.29) is 18.4 Å². The van der Waals surface area contributed by atoms with E-state index in [9.17, 15) is 9.59 Å². The molecule has 132 valence electrons. The Morgan fingerprint density at radius 3 is 2.72 bits per heavy atom. The number of nitrogens with zero attached hydrogens (tertiary/aromatic N) is 1. The van der Waals surface area contributed by atoms with Crippen LogP contribution in [-0.2, 0) is 9.53 Å². The monoisotopic (exact) mass is 341 g/mol. The summed E-state index contributed by atoms with van der Waals surface area (Å²) in [5.41, 5.74) is 0.894. The molecule has 0 aliphatic carbocycles. The van der Waals surface area contributed by atoms with Crippen LogP contribution in [0.5, 0.6) is 0 Å². The normalized spacial score (nSPS) is 23.1. The lowest BCUT2D eigenvalue weighted by Crippen LogP contribution is -2.48. The van der Waals surface area contributed by atoms with Gasteiger partial charge in [-0.25, -0.2) is 9.78 Å². The number of nitrogens with one attached hydrogen (secondary N) is 2. The lowest BCUT2D eigenvalue weighted by atomic mass is 9.89. The van der Waals surface area contributed by atoms with Crippen molar-refractivity contribution in [3.05, 3.63) is 41.6 Å². The first-order valence-corrected chi connectivity index (χ1v) is 8.52. The van der Waals surface area contributed by atoms with E-state index in [4.69, 9.17) is 4.74 Å². The van der Waals surface area contributed by atoms with Gasteiger partial charge in [-0.15, -0.1) is 0 Å². The molecule has 2 N–H and O–H groups in total. The lowest BCUT2D eigenvalue weighted by Gasteiger charge is -2.26. The predicted molar refractivity (Wildman–Crippen MR) is 95.0 cm³/mol. The molecule has 0 spiro atoms. The molecule has 1 amide bonds. The third kappa shape index (κ3) is 2.98. The van der Waals surface area contributed by atoms with Crippen LogP contribution in [0.25, 0.3) is 10.9 Å². The second-order valence-electron chi connectivity index (χ2n) is 6.74. The number of carbonyl (C=O) groups is 2. The van der Waals surface area contributed by atoms with Crippen LogP contribution in [0, 0.1) is 5.92 Å². The summed E-state index contributed by atoms with van der Waals surface area (Å²) >= 11 is 0. The molecule has 0 saturated carbocycles. The zero-order chi connectivity index (χ0) is 18.2. The predicted octanol–water partition coefficient (Wildman–Crippen LogP) is 2.54. The number of benzene rings is 1. The number of para-hydroxylation sites is 1. The summed E-state index contributed by atoms with van der Waals surface area (Å²) in [5, 5.41) is 7.08. The molecule has 2 unspecified atom stereocenters. The molecular formula is C19H23N3O3. The van der Waals surface area contributed by atoms with E-state index in [1.165, 1.54) is 0 Å². The van der Waals surface area contributed by atoms with Crippen molar-refractivity contribution in [3.63, 3.8) is 0 Å². The Bertz CT molecular complexity index is 834. The lowest BCUT2D eigenvalue weighted by molar-refractivity contribution is -0.125. The van der Waals surface area contributed by atoms with Crippen LogP contribution in [0.4, 0.5) is 0 Å². The molecular weight excluding hydrogens is 318 g/mol. The van der Waals surface area contributed by atoms with Crippen molar-refractivity contribution in [2.75, 3.05) is 6.61 Å². The van der Waals surface area contributed by atoms with E-state index in [2.05, 4.69) is 15.6 Å². The average Bonchev–Trinajstić information content (AvgIpc) is 2.90. The summed E-state index contributed by atoms with van der Waals surface area (Å²) in [7, 11) is 0. The minimum atomic E-state index is -0.718. The molecule has 2 aromatic rings. The second kappa shape index (κ2) is 6.44. The highest BCUT2D eigenvalue weighted by atomic mass is 16.5. The van der Waals surface area contributed by atoms with E-state index >= 15 is 0 Å². The van der Waals surface area contributed by atoms with Crippen molar-refractivity contribution in [1.29, 1.82) is 0 Å². The number of amides is 1. The summed E-state index contributed by atoms with van der Waals surface area (Å²) in [6.45, 7) is 7.86. The van der Waals surface area contributed by atoms with E-state index < -0.39 is 17.7 Å². The summed E-state index contributed by atoms with van der Waals surface area (Å²) < 4.78 is 5.18. The van der Waals surface area contributed by atoms with Gasteiger partial charge >= 0.3 is 5.97 Å². The van der Waals surface area contributed by atoms with Gasteiger partial charge in [-0.1, -0.05) is 32.0 Å². The van der Waals surface area contributed by atoms with Crippen LogP contribution in [0.3, 0.4) is 0 Å². The fourth-order valence-corrected chi connectivity index (χ4v) is 2.97. The van der Waals surface area contributed by atoms with Crippen molar-refractivity contribution < 1.29 is 14.3 Å². The van der Waals surface area contributed by atoms with Gasteiger partial charge in [-0.2, -0.15) is 0 Å². The van der Waals surface area contributed by atoms with Gasteiger partial charge in [0.25, 0.3) is 0 Å². The van der Waals surface area contributed by atoms with E-state index in [0.29, 0.717) is 11.3 Å². The Kier molecular flexibility index (Phi) is 4.47. The molecule has 3 rings (SSSR count). The van der Waals surface area contributed by atoms with E-state index in [1.54, 1.807) is 13.0 Å². The molecule has 1 aliphatic rings. The molecule has 1 aromatic heterocycles. The molecule has 1 aliphatic heterocycles. The molecule has 0 bridgehead atoms. The standard InChI is InChI=1S/C19H23N3O3/c1-5-25-17(23)13-10-12-8-6-7-9-14(12)20-15(13)16-21-18(24)19(4,22-16)11(2)3/h6-11,16,22H,5H2,1-4H3,(H,21,24). The summed E-state index contributed by atoms with van der Waals surface area (Å²) in [4.78, 5) is 29.6. The topological polar surface area (TPSA) is 80.3 Å². The number of hydrogen-bond acceptors (Lipinski definition) is 5. The van der Waals surface area contributed by atoms with Gasteiger partial charge in [-0.05, 0) is 31.9 Å². The molecule has 6 nitrogen and oxygen atoms in total. The minimum absolute atomic E-state index is 0.0870. The number of esters is 1. The Morgan fingerprint density at radius 2 is 2.08 bits per heavy atom. The maximum Gasteiger partial charge on any atom is 0.340 e. The van der Waals surface area contributed by atoms with E-state index in [1.807, 2.05) is 45.0 Å². The van der Waals surface area contributed by atoms with Crippen LogP contribution in [0.1, 0.15) is 49.9 Å². The first-order valence-electron chi connectivity index (χ1n) is 8.52. The van der Waals surface area contributed by atoms with Crippen LogP contribution in [0.2, 0.25) is 0 Å². The molecule has 25 heavy (non-hydrogen) atoms. The van der Waals surface area contributed by atoms with Crippen LogP contribution in [0.15, 0.2) is 30.3 Å². The number of hydrogen-bond donors (Lipinski definition) is 2. The Labute approximate surface area is 147 Å². The first kappa shape index (κ1) is 17.4. The molecule has 1 aromatic carbocycles. The largest absolute Gasteiger partial charge is 0.462 e. The van der Waals surface area contributed by atoms with Crippen molar-refractivity contribution in [2.45, 2.75) is 39.4 Å². The SMILES string of the molecule is CCOC(=O)c1cc2ccccc2nc1C1NC(=O)C(C)(C(C)C)N1. The van der Waals surface area contributed by atoms with Crippen LogP contribution in [-0.4, -0.2) is 29.0 Å². The summed E-state index contributed by atoms with van der Waals surface area (Å²) in [6.07, 6.45) is -0.538. The summed E-state index contributed by atoms with van der Waals surface area (Å²) in [5.74, 6) is -0.453. The zero-order valence-electron chi connectivity index (χ0n) is 14.9. The first-order chi connectivity index (χ1) is 11.9. The fraction of sp³-hybridized carbons (Fsp3) is 0.421. The van der Waals surface area contributed by atoms with Crippen molar-refractivity contribution in [3.8, 4) is 0 Å². The van der Waals surface area contributed by atoms with Gasteiger partial charge < -0.3 is 10.1 Å². The number of carbonyl (C=O) groups excluding carboxylic acids is 2. The zero-order valence-corrected chi connectivity index (χ0v) is 14.9. The highest BCUT2D eigenvalue weighted by Crippen LogP contribution is 2.30. The number of ether oxygens (including phenoxy) is 1. The van der Waals surface area contributed by atoms with Crippen molar-refractivity contribution in [1.82, 2.24) is 15.6 Å². The van der Waals surface area contributed by atoms with Gasteiger partial charge in [0.05, 0.1) is 28.9 Å². The molecule has 1 fully saturated rings. The third-order valence-corrected chi connectivity index (χ3v) is 4.87. The van der Waals surface area contributed by atoms with Crippen molar-refractivity contribution >= 4 is 22.8 Å². The van der Waals surface area contributed by atoms with Crippen LogP contribution >= 0.6 is 0 Å². The average molecular weight is 341 g/mol. The Hall–Kier alpha value is -2.47. The van der Waals surface area contributed by atoms with Gasteiger partial charge in [-0.3, -0.25) is 10.1 Å². The molecule has 0 radical (unpaired) electrons.